The molecule has 0 bridgehead atoms. The number of aryl methyl sites for hydroxylation is 1. The minimum atomic E-state index is -0.165. The maximum absolute atomic E-state index is 12.6. The van der Waals surface area contributed by atoms with Gasteiger partial charge in [-0.05, 0) is 50.5 Å². The molecular weight excluding hydrogens is 382 g/mol. The van der Waals surface area contributed by atoms with Crippen molar-refractivity contribution >= 4 is 11.8 Å². The van der Waals surface area contributed by atoms with E-state index in [2.05, 4.69) is 10.2 Å². The molecule has 1 N–H and O–H groups in total. The summed E-state index contributed by atoms with van der Waals surface area (Å²) in [6.07, 6.45) is 3.17. The number of carbonyl (C=O) groups is 2. The third-order valence-corrected chi connectivity index (χ3v) is 5.43. The number of ether oxygens (including phenoxy) is 1. The van der Waals surface area contributed by atoms with Crippen molar-refractivity contribution in [1.82, 2.24) is 15.1 Å². The largest absolute Gasteiger partial charge is 0.494 e. The number of likely N-dealkylation sites (tertiary alicyclic amines) is 1. The topological polar surface area (TPSA) is 75.0 Å². The Morgan fingerprint density at radius 2 is 1.90 bits per heavy atom. The minimum absolute atomic E-state index is 0.0950. The molecule has 1 saturated heterocycles. The van der Waals surface area contributed by atoms with Gasteiger partial charge in [0.25, 0.3) is 5.91 Å². The Balaban J connectivity index is 1.41. The van der Waals surface area contributed by atoms with Gasteiger partial charge in [0.1, 0.15) is 5.75 Å². The number of furan rings is 1. The Bertz CT molecular complexity index is 838. The van der Waals surface area contributed by atoms with Crippen LogP contribution in [-0.4, -0.2) is 60.9 Å². The van der Waals surface area contributed by atoms with Crippen LogP contribution >= 0.6 is 0 Å². The van der Waals surface area contributed by atoms with E-state index in [-0.39, 0.29) is 17.9 Å². The third kappa shape index (κ3) is 5.86. The highest BCUT2D eigenvalue weighted by Crippen LogP contribution is 2.15. The summed E-state index contributed by atoms with van der Waals surface area (Å²) in [6.45, 7) is 6.98. The lowest BCUT2D eigenvalue weighted by Gasteiger charge is -2.32. The molecule has 1 aliphatic rings. The minimum Gasteiger partial charge on any atom is -0.494 e. The van der Waals surface area contributed by atoms with Gasteiger partial charge < -0.3 is 19.4 Å². The molecule has 7 nitrogen and oxygen atoms in total. The Morgan fingerprint density at radius 3 is 2.50 bits per heavy atom. The summed E-state index contributed by atoms with van der Waals surface area (Å²) in [5.41, 5.74) is 1.91. The number of benzene rings is 1. The average molecular weight is 414 g/mol. The van der Waals surface area contributed by atoms with Gasteiger partial charge in [-0.3, -0.25) is 14.5 Å². The van der Waals surface area contributed by atoms with Crippen LogP contribution < -0.4 is 10.1 Å². The fraction of sp³-hybridized carbons (Fsp3) is 0.478. The van der Waals surface area contributed by atoms with Gasteiger partial charge in [0.2, 0.25) is 5.91 Å². The number of rotatable bonds is 8. The second kappa shape index (κ2) is 10.3. The van der Waals surface area contributed by atoms with Gasteiger partial charge in [-0.2, -0.15) is 0 Å². The van der Waals surface area contributed by atoms with Crippen LogP contribution in [0.2, 0.25) is 0 Å². The van der Waals surface area contributed by atoms with Crippen LogP contribution in [0.1, 0.15) is 41.4 Å². The van der Waals surface area contributed by atoms with Crippen LogP contribution in [0, 0.1) is 6.92 Å². The first-order valence-electron chi connectivity index (χ1n) is 10.5. The van der Waals surface area contributed by atoms with Crippen molar-refractivity contribution in [2.45, 2.75) is 39.3 Å². The van der Waals surface area contributed by atoms with Crippen LogP contribution in [-0.2, 0) is 11.3 Å². The van der Waals surface area contributed by atoms with Crippen molar-refractivity contribution < 1.29 is 18.7 Å². The quantitative estimate of drug-likeness (QED) is 0.720. The molecule has 2 aromatic rings. The number of hydrogen-bond acceptors (Lipinski definition) is 5. The average Bonchev–Trinajstić information content (AvgIpc) is 3.17. The molecule has 0 aliphatic carbocycles. The molecule has 2 heterocycles. The first-order valence-corrected chi connectivity index (χ1v) is 10.5. The number of piperidine rings is 1. The summed E-state index contributed by atoms with van der Waals surface area (Å²) in [5, 5.41) is 3.04. The van der Waals surface area contributed by atoms with Crippen molar-refractivity contribution in [3.05, 3.63) is 53.5 Å². The highest BCUT2D eigenvalue weighted by atomic mass is 16.5. The molecule has 0 saturated carbocycles. The molecule has 2 amide bonds. The van der Waals surface area contributed by atoms with Gasteiger partial charge in [0, 0.05) is 38.3 Å². The number of nitrogens with zero attached hydrogens (tertiary/aromatic N) is 2. The molecule has 30 heavy (non-hydrogen) atoms. The van der Waals surface area contributed by atoms with Gasteiger partial charge in [0.05, 0.1) is 19.4 Å². The van der Waals surface area contributed by atoms with Crippen LogP contribution in [0.15, 0.2) is 41.0 Å². The Morgan fingerprint density at radius 1 is 1.20 bits per heavy atom. The first-order chi connectivity index (χ1) is 14.5. The fourth-order valence-electron chi connectivity index (χ4n) is 3.62. The molecule has 1 aliphatic heterocycles. The number of hydrogen-bond donors (Lipinski definition) is 1. The molecule has 1 aromatic carbocycles. The lowest BCUT2D eigenvalue weighted by molar-refractivity contribution is -0.131. The summed E-state index contributed by atoms with van der Waals surface area (Å²) in [5.74, 6) is 1.15. The van der Waals surface area contributed by atoms with Crippen LogP contribution in [0.25, 0.3) is 0 Å². The van der Waals surface area contributed by atoms with Gasteiger partial charge in [-0.1, -0.05) is 12.1 Å². The molecular formula is C23H31N3O4. The first kappa shape index (κ1) is 21.9. The highest BCUT2D eigenvalue weighted by Gasteiger charge is 2.24. The monoisotopic (exact) mass is 413 g/mol. The van der Waals surface area contributed by atoms with E-state index in [1.165, 1.54) is 6.26 Å². The summed E-state index contributed by atoms with van der Waals surface area (Å²) < 4.78 is 10.7. The number of amides is 2. The fourth-order valence-corrected chi connectivity index (χ4v) is 3.62. The van der Waals surface area contributed by atoms with Crippen LogP contribution in [0.4, 0.5) is 0 Å². The van der Waals surface area contributed by atoms with Gasteiger partial charge in [0.15, 0.2) is 5.76 Å². The van der Waals surface area contributed by atoms with E-state index >= 15 is 0 Å². The molecule has 7 heteroatoms. The Hall–Kier alpha value is -2.80. The van der Waals surface area contributed by atoms with Gasteiger partial charge in [-0.15, -0.1) is 0 Å². The second-order valence-electron chi connectivity index (χ2n) is 7.78. The maximum Gasteiger partial charge on any atom is 0.287 e. The van der Waals surface area contributed by atoms with E-state index in [1.807, 2.05) is 45.2 Å². The van der Waals surface area contributed by atoms with Crippen molar-refractivity contribution in [2.75, 3.05) is 33.3 Å². The highest BCUT2D eigenvalue weighted by molar-refractivity contribution is 5.93. The Kier molecular flexibility index (Phi) is 7.52. The van der Waals surface area contributed by atoms with E-state index in [0.29, 0.717) is 25.5 Å². The SMILES string of the molecule is CCOc1ccc(CN(C)C(=O)CN2CCC(NC(=O)c3occc3C)CC2)cc1. The van der Waals surface area contributed by atoms with Crippen molar-refractivity contribution in [1.29, 1.82) is 0 Å². The van der Waals surface area contributed by atoms with Gasteiger partial charge in [-0.25, -0.2) is 0 Å². The molecule has 1 fully saturated rings. The molecule has 0 unspecified atom stereocenters. The van der Waals surface area contributed by atoms with Crippen LogP contribution in [0.5, 0.6) is 5.75 Å². The van der Waals surface area contributed by atoms with E-state index < -0.39 is 0 Å². The summed E-state index contributed by atoms with van der Waals surface area (Å²) in [4.78, 5) is 28.8. The van der Waals surface area contributed by atoms with Crippen molar-refractivity contribution in [2.24, 2.45) is 0 Å². The molecule has 1 aromatic heterocycles. The maximum atomic E-state index is 12.6. The van der Waals surface area contributed by atoms with E-state index in [0.717, 1.165) is 42.8 Å². The number of carbonyl (C=O) groups excluding carboxylic acids is 2. The molecule has 0 spiro atoms. The second-order valence-corrected chi connectivity index (χ2v) is 7.78. The zero-order valence-corrected chi connectivity index (χ0v) is 18.0. The summed E-state index contributed by atoms with van der Waals surface area (Å²) in [7, 11) is 1.83. The predicted octanol–water partition coefficient (Wildman–Crippen LogP) is 2.84. The summed E-state index contributed by atoms with van der Waals surface area (Å²) >= 11 is 0. The van der Waals surface area contributed by atoms with Crippen LogP contribution in [0.3, 0.4) is 0 Å². The third-order valence-electron chi connectivity index (χ3n) is 5.43. The van der Waals surface area contributed by atoms with E-state index in [1.54, 1.807) is 11.0 Å². The van der Waals surface area contributed by atoms with Gasteiger partial charge >= 0.3 is 0 Å². The lowest BCUT2D eigenvalue weighted by atomic mass is 10.0. The number of likely N-dealkylation sites (N-methyl/N-ethyl adjacent to an activating group) is 1. The number of nitrogens with one attached hydrogen (secondary N) is 1. The zero-order chi connectivity index (χ0) is 21.5. The smallest absolute Gasteiger partial charge is 0.287 e. The molecule has 0 radical (unpaired) electrons. The zero-order valence-electron chi connectivity index (χ0n) is 18.0. The standard InChI is InChI=1S/C23H31N3O4/c1-4-29-20-7-5-18(6-8-20)15-25(3)21(27)16-26-12-9-19(10-13-26)24-23(28)22-17(2)11-14-30-22/h5-8,11,14,19H,4,9-10,12-13,15-16H2,1-3H3,(H,24,28). The Labute approximate surface area is 178 Å². The molecule has 3 rings (SSSR count). The van der Waals surface area contributed by atoms with E-state index in [9.17, 15) is 9.59 Å². The van der Waals surface area contributed by atoms with Crippen molar-refractivity contribution in [3.63, 3.8) is 0 Å². The normalized spacial score (nSPS) is 15.0. The molecule has 162 valence electrons. The summed E-state index contributed by atoms with van der Waals surface area (Å²) in [6, 6.07) is 9.73. The molecule has 0 atom stereocenters. The van der Waals surface area contributed by atoms with Crippen molar-refractivity contribution in [3.8, 4) is 5.75 Å². The van der Waals surface area contributed by atoms with E-state index in [4.69, 9.17) is 9.15 Å². The predicted molar refractivity (Wildman–Crippen MR) is 114 cm³/mol. The lowest BCUT2D eigenvalue weighted by Crippen LogP contribution is -2.47.